The molecule has 112 valence electrons. The van der Waals surface area contributed by atoms with Crippen molar-refractivity contribution < 1.29 is 9.53 Å². The van der Waals surface area contributed by atoms with Crippen LogP contribution in [0.5, 0.6) is 0 Å². The van der Waals surface area contributed by atoms with Gasteiger partial charge < -0.3 is 15.4 Å². The maximum absolute atomic E-state index is 11.3. The van der Waals surface area contributed by atoms with Crippen LogP contribution in [0, 0.1) is 13.8 Å². The quantitative estimate of drug-likeness (QED) is 0.798. The predicted molar refractivity (Wildman–Crippen MR) is 84.6 cm³/mol. The summed E-state index contributed by atoms with van der Waals surface area (Å²) in [6.07, 6.45) is 0. The fourth-order valence-electron chi connectivity index (χ4n) is 2.13. The van der Waals surface area contributed by atoms with Crippen molar-refractivity contribution in [2.75, 3.05) is 32.1 Å². The first-order chi connectivity index (χ1) is 10.1. The number of anilines is 1. The molecule has 1 aromatic carbocycles. The topological polar surface area (TPSA) is 63.2 Å². The SMILES string of the molecule is COCC(=O)NCCNc1nc2cc(C)ccc2cc1C. The lowest BCUT2D eigenvalue weighted by Crippen LogP contribution is -2.31. The average Bonchev–Trinajstić information content (AvgIpc) is 2.44. The highest BCUT2D eigenvalue weighted by molar-refractivity contribution is 5.82. The Kier molecular flexibility index (Phi) is 5.11. The number of carbonyl (C=O) groups excluding carboxylic acids is 1. The summed E-state index contributed by atoms with van der Waals surface area (Å²) in [6.45, 7) is 5.33. The Morgan fingerprint density at radius 2 is 2.05 bits per heavy atom. The van der Waals surface area contributed by atoms with Gasteiger partial charge in [0, 0.05) is 25.6 Å². The minimum Gasteiger partial charge on any atom is -0.375 e. The third-order valence-electron chi connectivity index (χ3n) is 3.18. The van der Waals surface area contributed by atoms with Gasteiger partial charge in [-0.05, 0) is 37.1 Å². The number of pyridine rings is 1. The Balaban J connectivity index is 1.98. The minimum atomic E-state index is -0.113. The van der Waals surface area contributed by atoms with Gasteiger partial charge in [0.2, 0.25) is 5.91 Å². The molecule has 0 atom stereocenters. The summed E-state index contributed by atoms with van der Waals surface area (Å²) in [5, 5.41) is 7.16. The van der Waals surface area contributed by atoms with Crippen LogP contribution in [0.3, 0.4) is 0 Å². The number of carbonyl (C=O) groups is 1. The molecule has 0 saturated heterocycles. The van der Waals surface area contributed by atoms with Gasteiger partial charge in [-0.1, -0.05) is 12.1 Å². The zero-order valence-corrected chi connectivity index (χ0v) is 12.7. The van der Waals surface area contributed by atoms with E-state index in [1.807, 2.05) is 6.92 Å². The number of benzene rings is 1. The number of aromatic nitrogens is 1. The third-order valence-corrected chi connectivity index (χ3v) is 3.18. The number of amides is 1. The largest absolute Gasteiger partial charge is 0.375 e. The van der Waals surface area contributed by atoms with Crippen molar-refractivity contribution in [1.82, 2.24) is 10.3 Å². The van der Waals surface area contributed by atoms with Crippen LogP contribution in [0.2, 0.25) is 0 Å². The number of ether oxygens (including phenoxy) is 1. The van der Waals surface area contributed by atoms with E-state index in [0.29, 0.717) is 13.1 Å². The number of hydrogen-bond donors (Lipinski definition) is 2. The minimum absolute atomic E-state index is 0.0898. The molecule has 1 aromatic heterocycles. The van der Waals surface area contributed by atoms with Crippen molar-refractivity contribution in [3.63, 3.8) is 0 Å². The summed E-state index contributed by atoms with van der Waals surface area (Å²) in [4.78, 5) is 15.9. The van der Waals surface area contributed by atoms with Crippen LogP contribution >= 0.6 is 0 Å². The number of fused-ring (bicyclic) bond motifs is 1. The Labute approximate surface area is 124 Å². The molecule has 1 heterocycles. The molecule has 0 aliphatic heterocycles. The van der Waals surface area contributed by atoms with E-state index in [1.54, 1.807) is 0 Å². The maximum atomic E-state index is 11.3. The molecule has 2 aromatic rings. The summed E-state index contributed by atoms with van der Waals surface area (Å²) in [6, 6.07) is 8.36. The summed E-state index contributed by atoms with van der Waals surface area (Å²) >= 11 is 0. The number of aryl methyl sites for hydroxylation is 2. The van der Waals surface area contributed by atoms with E-state index < -0.39 is 0 Å². The molecular formula is C16H21N3O2. The Bertz CT molecular complexity index is 641. The van der Waals surface area contributed by atoms with Crippen LogP contribution in [-0.2, 0) is 9.53 Å². The average molecular weight is 287 g/mol. The molecule has 5 nitrogen and oxygen atoms in total. The highest BCUT2D eigenvalue weighted by Crippen LogP contribution is 2.20. The molecule has 1 amide bonds. The molecule has 2 rings (SSSR count). The van der Waals surface area contributed by atoms with Gasteiger partial charge in [0.1, 0.15) is 12.4 Å². The van der Waals surface area contributed by atoms with Crippen molar-refractivity contribution in [1.29, 1.82) is 0 Å². The number of methoxy groups -OCH3 is 1. The van der Waals surface area contributed by atoms with E-state index in [2.05, 4.69) is 46.8 Å². The fraction of sp³-hybridized carbons (Fsp3) is 0.375. The van der Waals surface area contributed by atoms with E-state index in [-0.39, 0.29) is 12.5 Å². The molecule has 0 radical (unpaired) electrons. The van der Waals surface area contributed by atoms with Crippen molar-refractivity contribution in [2.24, 2.45) is 0 Å². The first-order valence-corrected chi connectivity index (χ1v) is 6.97. The van der Waals surface area contributed by atoms with E-state index in [0.717, 1.165) is 22.3 Å². The maximum Gasteiger partial charge on any atom is 0.246 e. The van der Waals surface area contributed by atoms with Crippen molar-refractivity contribution in [3.8, 4) is 0 Å². The summed E-state index contributed by atoms with van der Waals surface area (Å²) < 4.78 is 4.75. The Morgan fingerprint density at radius 3 is 2.81 bits per heavy atom. The lowest BCUT2D eigenvalue weighted by molar-refractivity contribution is -0.124. The molecule has 0 spiro atoms. The predicted octanol–water partition coefficient (Wildman–Crippen LogP) is 2.03. The number of hydrogen-bond acceptors (Lipinski definition) is 4. The summed E-state index contributed by atoms with van der Waals surface area (Å²) in [7, 11) is 1.50. The second-order valence-corrected chi connectivity index (χ2v) is 5.06. The normalized spacial score (nSPS) is 10.6. The molecule has 0 aliphatic rings. The summed E-state index contributed by atoms with van der Waals surface area (Å²) in [5.74, 6) is 0.743. The van der Waals surface area contributed by atoms with Crippen LogP contribution in [-0.4, -0.2) is 37.7 Å². The number of nitrogens with zero attached hydrogens (tertiary/aromatic N) is 1. The van der Waals surface area contributed by atoms with Gasteiger partial charge in [-0.15, -0.1) is 0 Å². The second kappa shape index (κ2) is 7.04. The van der Waals surface area contributed by atoms with Gasteiger partial charge in [0.05, 0.1) is 5.52 Å². The summed E-state index contributed by atoms with van der Waals surface area (Å²) in [5.41, 5.74) is 3.26. The van der Waals surface area contributed by atoms with Gasteiger partial charge in [-0.25, -0.2) is 4.98 Å². The Morgan fingerprint density at radius 1 is 1.24 bits per heavy atom. The van der Waals surface area contributed by atoms with Crippen LogP contribution in [0.15, 0.2) is 24.3 Å². The monoisotopic (exact) mass is 287 g/mol. The molecule has 5 heteroatoms. The first kappa shape index (κ1) is 15.3. The van der Waals surface area contributed by atoms with E-state index in [1.165, 1.54) is 12.7 Å². The molecule has 2 N–H and O–H groups in total. The fourth-order valence-corrected chi connectivity index (χ4v) is 2.13. The molecule has 0 saturated carbocycles. The zero-order valence-electron chi connectivity index (χ0n) is 12.7. The standard InChI is InChI=1S/C16H21N3O2/c1-11-4-5-13-9-12(2)16(19-14(13)8-11)18-7-6-17-15(20)10-21-3/h4-5,8-9H,6-7,10H2,1-3H3,(H,17,20)(H,18,19). The van der Waals surface area contributed by atoms with Crippen molar-refractivity contribution in [3.05, 3.63) is 35.4 Å². The molecule has 0 unspecified atom stereocenters. The second-order valence-electron chi connectivity index (χ2n) is 5.06. The van der Waals surface area contributed by atoms with Crippen molar-refractivity contribution >= 4 is 22.6 Å². The van der Waals surface area contributed by atoms with Gasteiger partial charge >= 0.3 is 0 Å². The van der Waals surface area contributed by atoms with E-state index >= 15 is 0 Å². The highest BCUT2D eigenvalue weighted by atomic mass is 16.5. The number of rotatable bonds is 6. The molecule has 0 bridgehead atoms. The molecule has 0 fully saturated rings. The first-order valence-electron chi connectivity index (χ1n) is 6.97. The molecule has 0 aliphatic carbocycles. The zero-order chi connectivity index (χ0) is 15.2. The highest BCUT2D eigenvalue weighted by Gasteiger charge is 2.04. The van der Waals surface area contributed by atoms with E-state index in [4.69, 9.17) is 4.74 Å². The third kappa shape index (κ3) is 4.16. The van der Waals surface area contributed by atoms with Gasteiger partial charge in [-0.3, -0.25) is 4.79 Å². The van der Waals surface area contributed by atoms with Crippen molar-refractivity contribution in [2.45, 2.75) is 13.8 Å². The van der Waals surface area contributed by atoms with Gasteiger partial charge in [0.25, 0.3) is 0 Å². The van der Waals surface area contributed by atoms with Crippen LogP contribution in [0.4, 0.5) is 5.82 Å². The van der Waals surface area contributed by atoms with Crippen LogP contribution in [0.25, 0.3) is 10.9 Å². The van der Waals surface area contributed by atoms with Gasteiger partial charge in [0.15, 0.2) is 0 Å². The number of nitrogens with one attached hydrogen (secondary N) is 2. The van der Waals surface area contributed by atoms with Crippen LogP contribution < -0.4 is 10.6 Å². The lowest BCUT2D eigenvalue weighted by Gasteiger charge is -2.11. The lowest BCUT2D eigenvalue weighted by atomic mass is 10.1. The molecular weight excluding hydrogens is 266 g/mol. The van der Waals surface area contributed by atoms with Gasteiger partial charge in [-0.2, -0.15) is 0 Å². The Hall–Kier alpha value is -2.14. The van der Waals surface area contributed by atoms with Crippen LogP contribution in [0.1, 0.15) is 11.1 Å². The van der Waals surface area contributed by atoms with E-state index in [9.17, 15) is 4.79 Å². The smallest absolute Gasteiger partial charge is 0.246 e. The molecule has 21 heavy (non-hydrogen) atoms.